The van der Waals surface area contributed by atoms with Crippen molar-refractivity contribution in [3.8, 4) is 0 Å². The molecule has 0 radical (unpaired) electrons. The van der Waals surface area contributed by atoms with Crippen LogP contribution in [-0.2, 0) is 13.6 Å². The molecule has 2 nitrogen and oxygen atoms in total. The van der Waals surface area contributed by atoms with Crippen LogP contribution in [0.3, 0.4) is 0 Å². The van der Waals surface area contributed by atoms with Crippen LogP contribution in [0, 0.1) is 0 Å². The third-order valence-electron chi connectivity index (χ3n) is 0.597. The van der Waals surface area contributed by atoms with E-state index < -0.39 is 29.9 Å². The maximum absolute atomic E-state index is 10.9. The van der Waals surface area contributed by atoms with Crippen LogP contribution in [0.4, 0.5) is 0 Å². The second-order valence-electron chi connectivity index (χ2n) is 2.95. The fourth-order valence-electron chi connectivity index (χ4n) is 0.409. The van der Waals surface area contributed by atoms with Crippen molar-refractivity contribution >= 4 is 29.9 Å². The molecule has 60 valence electrons. The second-order valence-corrected chi connectivity index (χ2v) is 17.5. The molecule has 0 N–H and O–H groups in total. The van der Waals surface area contributed by atoms with Crippen LogP contribution < -0.4 is 0 Å². The SMILES string of the molecule is C=CCS(=O)[O][Sn]([CH3])([CH3])[CH3]. The van der Waals surface area contributed by atoms with Crippen molar-refractivity contribution in [1.82, 2.24) is 0 Å². The Balaban J connectivity index is 3.68. The van der Waals surface area contributed by atoms with Gasteiger partial charge < -0.3 is 0 Å². The summed E-state index contributed by atoms with van der Waals surface area (Å²) < 4.78 is 16.2. The van der Waals surface area contributed by atoms with Gasteiger partial charge in [0.1, 0.15) is 0 Å². The molecule has 0 aliphatic rings. The molecule has 1 atom stereocenters. The first-order valence-corrected chi connectivity index (χ1v) is 14.1. The third-order valence-corrected chi connectivity index (χ3v) is 7.66. The van der Waals surface area contributed by atoms with Gasteiger partial charge in [-0.2, -0.15) is 0 Å². The molecule has 0 aliphatic heterocycles. The fraction of sp³-hybridized carbons (Fsp3) is 0.667. The van der Waals surface area contributed by atoms with Gasteiger partial charge in [-0.15, -0.1) is 0 Å². The summed E-state index contributed by atoms with van der Waals surface area (Å²) in [6, 6.07) is 0. The van der Waals surface area contributed by atoms with Crippen LogP contribution in [0.5, 0.6) is 0 Å². The van der Waals surface area contributed by atoms with Crippen LogP contribution in [-0.4, -0.2) is 28.8 Å². The summed E-state index contributed by atoms with van der Waals surface area (Å²) in [5.74, 6) is 0.453. The van der Waals surface area contributed by atoms with Crippen LogP contribution in [0.25, 0.3) is 0 Å². The predicted octanol–water partition coefficient (Wildman–Crippen LogP) is 1.69. The van der Waals surface area contributed by atoms with E-state index in [0.29, 0.717) is 5.75 Å². The van der Waals surface area contributed by atoms with E-state index in [0.717, 1.165) is 0 Å². The van der Waals surface area contributed by atoms with Crippen LogP contribution in [0.15, 0.2) is 12.7 Å². The Hall–Kier alpha value is 0.649. The Morgan fingerprint density at radius 1 is 1.60 bits per heavy atom. The van der Waals surface area contributed by atoms with Crippen LogP contribution in [0.2, 0.25) is 14.8 Å². The van der Waals surface area contributed by atoms with Crippen molar-refractivity contribution in [2.75, 3.05) is 5.75 Å². The van der Waals surface area contributed by atoms with Gasteiger partial charge in [0.2, 0.25) is 0 Å². The summed E-state index contributed by atoms with van der Waals surface area (Å²) in [6.45, 7) is 3.48. The van der Waals surface area contributed by atoms with Gasteiger partial charge >= 0.3 is 69.8 Å². The first kappa shape index (κ1) is 10.6. The van der Waals surface area contributed by atoms with E-state index in [9.17, 15) is 4.21 Å². The van der Waals surface area contributed by atoms with Crippen LogP contribution in [0.1, 0.15) is 0 Å². The minimum absolute atomic E-state index is 0.453. The Morgan fingerprint density at radius 3 is 2.40 bits per heavy atom. The summed E-state index contributed by atoms with van der Waals surface area (Å²) in [7, 11) is 0. The molecule has 0 fully saturated rings. The zero-order valence-electron chi connectivity index (χ0n) is 6.72. The standard InChI is InChI=1S/C3H6O2S.3CH3.Sn/c1-2-3-6(4)5;;;;/h2H,1,3H2,(H,4,5);3*1H3;/q;;;;+1/p-1. The van der Waals surface area contributed by atoms with Crippen molar-refractivity contribution in [2.24, 2.45) is 0 Å². The number of hydrogen-bond donors (Lipinski definition) is 0. The Labute approximate surface area is 69.7 Å². The van der Waals surface area contributed by atoms with E-state index in [4.69, 9.17) is 2.52 Å². The van der Waals surface area contributed by atoms with Gasteiger partial charge in [-0.1, -0.05) is 0 Å². The quantitative estimate of drug-likeness (QED) is 0.573. The molecule has 0 aromatic rings. The predicted molar refractivity (Wildman–Crippen MR) is 47.6 cm³/mol. The van der Waals surface area contributed by atoms with Crippen molar-refractivity contribution in [3.63, 3.8) is 0 Å². The number of rotatable bonds is 4. The minimum atomic E-state index is -2.26. The summed E-state index contributed by atoms with van der Waals surface area (Å²) in [6.07, 6.45) is 1.62. The summed E-state index contributed by atoms with van der Waals surface area (Å²) in [4.78, 5) is 6.24. The molecule has 0 spiro atoms. The molecule has 0 aromatic carbocycles. The molecule has 0 saturated heterocycles. The molecule has 0 amide bonds. The molecule has 0 bridgehead atoms. The molecule has 0 aromatic heterocycles. The maximum atomic E-state index is 10.9. The zero-order valence-corrected chi connectivity index (χ0v) is 10.4. The molecule has 0 saturated carbocycles. The second kappa shape index (κ2) is 4.51. The van der Waals surface area contributed by atoms with Gasteiger partial charge in [-0.3, -0.25) is 0 Å². The van der Waals surface area contributed by atoms with Gasteiger partial charge in [0.15, 0.2) is 0 Å². The van der Waals surface area contributed by atoms with Gasteiger partial charge in [0, 0.05) is 0 Å². The van der Waals surface area contributed by atoms with E-state index in [1.54, 1.807) is 6.08 Å². The van der Waals surface area contributed by atoms with E-state index in [1.165, 1.54) is 0 Å². The Kier molecular flexibility index (Phi) is 4.80. The molecular formula is C6H14O2SSn. The monoisotopic (exact) mass is 270 g/mol. The molecule has 0 aliphatic carbocycles. The van der Waals surface area contributed by atoms with Gasteiger partial charge in [0.25, 0.3) is 0 Å². The van der Waals surface area contributed by atoms with E-state index in [-0.39, 0.29) is 0 Å². The van der Waals surface area contributed by atoms with Gasteiger partial charge in [0.05, 0.1) is 0 Å². The van der Waals surface area contributed by atoms with E-state index in [1.807, 2.05) is 0 Å². The molecule has 10 heavy (non-hydrogen) atoms. The zero-order chi connectivity index (χ0) is 8.20. The molecule has 4 heteroatoms. The van der Waals surface area contributed by atoms with Crippen LogP contribution >= 0.6 is 0 Å². The molecule has 1 unspecified atom stereocenters. The fourth-order valence-corrected chi connectivity index (χ4v) is 6.58. The van der Waals surface area contributed by atoms with Gasteiger partial charge in [-0.25, -0.2) is 0 Å². The van der Waals surface area contributed by atoms with Crippen molar-refractivity contribution in [3.05, 3.63) is 12.7 Å². The first-order chi connectivity index (χ1) is 4.45. The van der Waals surface area contributed by atoms with Crippen molar-refractivity contribution in [1.29, 1.82) is 0 Å². The number of hydrogen-bond acceptors (Lipinski definition) is 2. The van der Waals surface area contributed by atoms with Gasteiger partial charge in [-0.05, 0) is 0 Å². The van der Waals surface area contributed by atoms with Crippen molar-refractivity contribution < 1.29 is 6.73 Å². The summed E-state index contributed by atoms with van der Waals surface area (Å²) in [5, 5.41) is 0. The normalized spacial score (nSPS) is 14.7. The van der Waals surface area contributed by atoms with Crippen molar-refractivity contribution in [2.45, 2.75) is 14.8 Å². The van der Waals surface area contributed by atoms with E-state index >= 15 is 0 Å². The average Bonchev–Trinajstić information content (AvgIpc) is 1.59. The summed E-state index contributed by atoms with van der Waals surface area (Å²) in [5.41, 5.74) is 0. The molecule has 0 heterocycles. The summed E-state index contributed by atoms with van der Waals surface area (Å²) >= 11 is -3.38. The first-order valence-electron chi connectivity index (χ1n) is 3.14. The van der Waals surface area contributed by atoms with E-state index in [2.05, 4.69) is 21.4 Å². The molecular weight excluding hydrogens is 255 g/mol. The average molecular weight is 269 g/mol. The Bertz CT molecular complexity index is 139. The third kappa shape index (κ3) is 6.76. The Morgan fingerprint density at radius 2 is 2.10 bits per heavy atom. The topological polar surface area (TPSA) is 26.3 Å². The molecule has 0 rings (SSSR count).